The molecule has 9 aromatic rings. The summed E-state index contributed by atoms with van der Waals surface area (Å²) < 4.78 is 5.13. The zero-order valence-electron chi connectivity index (χ0n) is 25.6. The van der Waals surface area contributed by atoms with Crippen LogP contribution in [0.15, 0.2) is 146 Å². The van der Waals surface area contributed by atoms with Crippen LogP contribution in [-0.2, 0) is 0 Å². The first-order chi connectivity index (χ1) is 23.7. The lowest BCUT2D eigenvalue weighted by Gasteiger charge is -2.13. The molecule has 0 radical (unpaired) electrons. The second-order valence-corrected chi connectivity index (χ2v) is 14.1. The molecule has 0 bridgehead atoms. The Bertz CT molecular complexity index is 2690. The Labute approximate surface area is 285 Å². The molecule has 2 nitrogen and oxygen atoms in total. The Morgan fingerprint density at radius 1 is 0.333 bits per heavy atom. The molecule has 0 N–H and O–H groups in total. The molecule has 48 heavy (non-hydrogen) atoms. The van der Waals surface area contributed by atoms with Crippen LogP contribution >= 0.6 is 22.7 Å². The van der Waals surface area contributed by atoms with Crippen LogP contribution in [0.25, 0.3) is 84.9 Å². The fourth-order valence-corrected chi connectivity index (χ4v) is 8.98. The van der Waals surface area contributed by atoms with Crippen molar-refractivity contribution in [2.24, 2.45) is 0 Å². The lowest BCUT2D eigenvalue weighted by atomic mass is 9.90. The third-order valence-corrected chi connectivity index (χ3v) is 11.5. The van der Waals surface area contributed by atoms with E-state index in [0.29, 0.717) is 11.1 Å². The predicted octanol–water partition coefficient (Wildman–Crippen LogP) is 12.8. The maximum absolute atomic E-state index is 10.3. The number of hydrogen-bond donors (Lipinski definition) is 0. The summed E-state index contributed by atoms with van der Waals surface area (Å²) in [4.78, 5) is 0. The molecule has 0 saturated heterocycles. The zero-order valence-corrected chi connectivity index (χ0v) is 27.2. The van der Waals surface area contributed by atoms with Crippen molar-refractivity contribution in [1.29, 1.82) is 10.5 Å². The molecule has 0 spiro atoms. The van der Waals surface area contributed by atoms with E-state index in [2.05, 4.69) is 121 Å². The minimum Gasteiger partial charge on any atom is -0.192 e. The fraction of sp³-hybridized carbons (Fsp3) is 0. The summed E-state index contributed by atoms with van der Waals surface area (Å²) in [5, 5.41) is 25.1. The van der Waals surface area contributed by atoms with Crippen molar-refractivity contribution in [3.8, 4) is 56.6 Å². The van der Waals surface area contributed by atoms with Crippen LogP contribution < -0.4 is 0 Å². The molecule has 222 valence electrons. The Hall–Kier alpha value is -6.04. The van der Waals surface area contributed by atoms with E-state index in [1.54, 1.807) is 6.07 Å². The monoisotopic (exact) mass is 644 g/mol. The van der Waals surface area contributed by atoms with Gasteiger partial charge in [0.05, 0.1) is 23.3 Å². The lowest BCUT2D eigenvalue weighted by molar-refractivity contribution is 1.45. The van der Waals surface area contributed by atoms with Gasteiger partial charge in [-0.2, -0.15) is 10.5 Å². The van der Waals surface area contributed by atoms with E-state index < -0.39 is 0 Å². The summed E-state index contributed by atoms with van der Waals surface area (Å²) in [6, 6.07) is 55.6. The van der Waals surface area contributed by atoms with Crippen molar-refractivity contribution in [1.82, 2.24) is 0 Å². The summed E-state index contributed by atoms with van der Waals surface area (Å²) in [6.07, 6.45) is 0. The zero-order chi connectivity index (χ0) is 32.2. The molecule has 9 rings (SSSR count). The highest BCUT2D eigenvalue weighted by Crippen LogP contribution is 2.41. The first-order valence-electron chi connectivity index (χ1n) is 15.7. The van der Waals surface area contributed by atoms with Crippen LogP contribution in [0, 0.1) is 22.7 Å². The van der Waals surface area contributed by atoms with Gasteiger partial charge in [0.2, 0.25) is 0 Å². The Morgan fingerprint density at radius 2 is 0.771 bits per heavy atom. The van der Waals surface area contributed by atoms with Crippen molar-refractivity contribution in [3.05, 3.63) is 157 Å². The van der Waals surface area contributed by atoms with Crippen LogP contribution in [0.3, 0.4) is 0 Å². The SMILES string of the molecule is N#Cc1ccccc1-c1ccc(-c2cc(-c3ccc4sc5ccccc5c4c3)cc(-c3ccc4sc5ccccc5c4c3)c2)cc1C#N. The Kier molecular flexibility index (Phi) is 6.66. The summed E-state index contributed by atoms with van der Waals surface area (Å²) in [5.74, 6) is 0. The minimum atomic E-state index is 0.541. The topological polar surface area (TPSA) is 47.6 Å². The van der Waals surface area contributed by atoms with Gasteiger partial charge in [0.25, 0.3) is 0 Å². The maximum Gasteiger partial charge on any atom is 0.0998 e. The molecule has 2 heterocycles. The van der Waals surface area contributed by atoms with E-state index >= 15 is 0 Å². The van der Waals surface area contributed by atoms with E-state index in [9.17, 15) is 10.5 Å². The van der Waals surface area contributed by atoms with Gasteiger partial charge in [0, 0.05) is 51.5 Å². The van der Waals surface area contributed by atoms with E-state index in [1.165, 1.54) is 40.3 Å². The average molecular weight is 645 g/mol. The van der Waals surface area contributed by atoms with Gasteiger partial charge in [-0.25, -0.2) is 0 Å². The summed E-state index contributed by atoms with van der Waals surface area (Å²) >= 11 is 3.65. The van der Waals surface area contributed by atoms with Crippen LogP contribution in [0.4, 0.5) is 0 Å². The lowest BCUT2D eigenvalue weighted by Crippen LogP contribution is -1.91. The van der Waals surface area contributed by atoms with Crippen molar-refractivity contribution >= 4 is 63.0 Å². The van der Waals surface area contributed by atoms with Crippen molar-refractivity contribution < 1.29 is 0 Å². The minimum absolute atomic E-state index is 0.541. The van der Waals surface area contributed by atoms with Gasteiger partial charge in [0.15, 0.2) is 0 Å². The molecule has 0 atom stereocenters. The number of nitriles is 2. The first kappa shape index (κ1) is 28.2. The Balaban J connectivity index is 1.25. The Morgan fingerprint density at radius 3 is 1.33 bits per heavy atom. The average Bonchev–Trinajstić information content (AvgIpc) is 3.72. The molecule has 0 fully saturated rings. The molecular weight excluding hydrogens is 621 g/mol. The smallest absolute Gasteiger partial charge is 0.0998 e. The fourth-order valence-electron chi connectivity index (χ4n) is 6.81. The highest BCUT2D eigenvalue weighted by molar-refractivity contribution is 7.26. The summed E-state index contributed by atoms with van der Waals surface area (Å²) in [5.41, 5.74) is 9.15. The predicted molar refractivity (Wildman–Crippen MR) is 203 cm³/mol. The molecule has 0 saturated carbocycles. The highest BCUT2D eigenvalue weighted by atomic mass is 32.1. The van der Waals surface area contributed by atoms with Crippen LogP contribution in [0.2, 0.25) is 0 Å². The van der Waals surface area contributed by atoms with Crippen LogP contribution in [-0.4, -0.2) is 0 Å². The van der Waals surface area contributed by atoms with E-state index in [-0.39, 0.29) is 0 Å². The summed E-state index contributed by atoms with van der Waals surface area (Å²) in [7, 11) is 0. The maximum atomic E-state index is 10.3. The van der Waals surface area contributed by atoms with Crippen LogP contribution in [0.1, 0.15) is 11.1 Å². The molecule has 0 aliphatic carbocycles. The molecule has 4 heteroatoms. The van der Waals surface area contributed by atoms with E-state index in [4.69, 9.17) is 0 Å². The van der Waals surface area contributed by atoms with Gasteiger partial charge in [-0.3, -0.25) is 0 Å². The standard InChI is InChI=1S/C44H24N2S2/c45-25-30-7-1-2-8-35(30)36-16-13-27(19-34(36)26-46)31-20-32(28-14-17-43-39(23-28)37-9-3-5-11-41(37)47-43)22-33(21-31)29-15-18-44-40(24-29)38-10-4-6-12-42(38)48-44/h1-24H. The second-order valence-electron chi connectivity index (χ2n) is 11.9. The molecular formula is C44H24N2S2. The van der Waals surface area contributed by atoms with Gasteiger partial charge in [-0.1, -0.05) is 78.9 Å². The number of fused-ring (bicyclic) bond motifs is 6. The van der Waals surface area contributed by atoms with Gasteiger partial charge in [-0.05, 0) is 100 Å². The third kappa shape index (κ3) is 4.67. The molecule has 0 aliphatic heterocycles. The van der Waals surface area contributed by atoms with Crippen molar-refractivity contribution in [2.45, 2.75) is 0 Å². The van der Waals surface area contributed by atoms with E-state index in [0.717, 1.165) is 44.5 Å². The van der Waals surface area contributed by atoms with Crippen LogP contribution in [0.5, 0.6) is 0 Å². The molecule has 2 aromatic heterocycles. The number of nitrogens with zero attached hydrogens (tertiary/aromatic N) is 2. The first-order valence-corrected chi connectivity index (χ1v) is 17.3. The van der Waals surface area contributed by atoms with Gasteiger partial charge in [0.1, 0.15) is 0 Å². The number of hydrogen-bond acceptors (Lipinski definition) is 4. The molecule has 0 aliphatic rings. The van der Waals surface area contributed by atoms with Gasteiger partial charge < -0.3 is 0 Å². The normalized spacial score (nSPS) is 11.3. The van der Waals surface area contributed by atoms with Crippen molar-refractivity contribution in [3.63, 3.8) is 0 Å². The number of thiophene rings is 2. The quantitative estimate of drug-likeness (QED) is 0.191. The third-order valence-electron chi connectivity index (χ3n) is 9.16. The van der Waals surface area contributed by atoms with E-state index in [1.807, 2.05) is 53.0 Å². The number of rotatable bonds is 4. The van der Waals surface area contributed by atoms with Gasteiger partial charge in [-0.15, -0.1) is 22.7 Å². The second kappa shape index (κ2) is 11.3. The molecule has 7 aromatic carbocycles. The largest absolute Gasteiger partial charge is 0.192 e. The number of benzene rings is 7. The summed E-state index contributed by atoms with van der Waals surface area (Å²) in [6.45, 7) is 0. The molecule has 0 unspecified atom stereocenters. The highest BCUT2D eigenvalue weighted by Gasteiger charge is 2.15. The van der Waals surface area contributed by atoms with Crippen molar-refractivity contribution in [2.75, 3.05) is 0 Å². The molecule has 0 amide bonds. The van der Waals surface area contributed by atoms with Gasteiger partial charge >= 0.3 is 0 Å².